The molecule has 1 atom stereocenters. The zero-order valence-corrected chi connectivity index (χ0v) is 11.0. The minimum Gasteiger partial charge on any atom is -0.309 e. The molecule has 0 bridgehead atoms. The topological polar surface area (TPSA) is 42.7 Å². The van der Waals surface area contributed by atoms with Crippen molar-refractivity contribution in [2.75, 3.05) is 7.05 Å². The molecule has 0 aliphatic heterocycles. The first kappa shape index (κ1) is 11.9. The Bertz CT molecular complexity index is 697. The lowest BCUT2D eigenvalue weighted by Gasteiger charge is -2.17. The van der Waals surface area contributed by atoms with E-state index in [0.717, 1.165) is 11.1 Å². The standard InChI is InChI=1S/C15H16N4/c1-16-15(11-9-18-19(2)10-11)13-7-8-17-14-6-4-3-5-12(13)14/h3-10,15-16H,1-2H3. The van der Waals surface area contributed by atoms with Gasteiger partial charge in [-0.05, 0) is 24.7 Å². The maximum absolute atomic E-state index is 4.41. The highest BCUT2D eigenvalue weighted by Crippen LogP contribution is 2.27. The van der Waals surface area contributed by atoms with Gasteiger partial charge < -0.3 is 5.32 Å². The van der Waals surface area contributed by atoms with Crippen LogP contribution < -0.4 is 5.32 Å². The Morgan fingerprint density at radius 2 is 2.05 bits per heavy atom. The Morgan fingerprint density at radius 1 is 1.21 bits per heavy atom. The summed E-state index contributed by atoms with van der Waals surface area (Å²) >= 11 is 0. The Morgan fingerprint density at radius 3 is 2.79 bits per heavy atom. The van der Waals surface area contributed by atoms with Crippen molar-refractivity contribution in [1.29, 1.82) is 0 Å². The molecule has 19 heavy (non-hydrogen) atoms. The van der Waals surface area contributed by atoms with Gasteiger partial charge in [0.05, 0.1) is 17.8 Å². The number of nitrogens with one attached hydrogen (secondary N) is 1. The van der Waals surface area contributed by atoms with Gasteiger partial charge in [0.2, 0.25) is 0 Å². The number of benzene rings is 1. The van der Waals surface area contributed by atoms with Gasteiger partial charge >= 0.3 is 0 Å². The quantitative estimate of drug-likeness (QED) is 0.777. The lowest BCUT2D eigenvalue weighted by molar-refractivity contribution is 0.693. The van der Waals surface area contributed by atoms with Gasteiger partial charge in [0, 0.05) is 30.4 Å². The first-order chi connectivity index (χ1) is 9.29. The molecule has 0 spiro atoms. The van der Waals surface area contributed by atoms with E-state index in [1.54, 1.807) is 0 Å². The predicted molar refractivity (Wildman–Crippen MR) is 75.9 cm³/mol. The third kappa shape index (κ3) is 2.11. The summed E-state index contributed by atoms with van der Waals surface area (Å²) in [6.07, 6.45) is 5.80. The minimum atomic E-state index is 0.126. The average Bonchev–Trinajstić information content (AvgIpc) is 2.86. The fourth-order valence-electron chi connectivity index (χ4n) is 2.46. The van der Waals surface area contributed by atoms with Crippen LogP contribution in [0, 0.1) is 0 Å². The van der Waals surface area contributed by atoms with E-state index in [2.05, 4.69) is 27.5 Å². The molecule has 1 N–H and O–H groups in total. The molecule has 4 heteroatoms. The highest BCUT2D eigenvalue weighted by atomic mass is 15.2. The Labute approximate surface area is 112 Å². The molecule has 1 aromatic carbocycles. The van der Waals surface area contributed by atoms with Gasteiger partial charge in [-0.15, -0.1) is 0 Å². The predicted octanol–water partition coefficient (Wildman–Crippen LogP) is 2.28. The summed E-state index contributed by atoms with van der Waals surface area (Å²) in [4.78, 5) is 4.41. The van der Waals surface area contributed by atoms with Gasteiger partial charge in [0.15, 0.2) is 0 Å². The average molecular weight is 252 g/mol. The number of hydrogen-bond donors (Lipinski definition) is 1. The number of para-hydroxylation sites is 1. The van der Waals surface area contributed by atoms with E-state index < -0.39 is 0 Å². The third-order valence-corrected chi connectivity index (χ3v) is 3.34. The van der Waals surface area contributed by atoms with E-state index in [1.165, 1.54) is 10.9 Å². The van der Waals surface area contributed by atoms with E-state index in [1.807, 2.05) is 55.6 Å². The smallest absolute Gasteiger partial charge is 0.0705 e. The molecule has 0 aliphatic carbocycles. The molecule has 0 saturated heterocycles. The van der Waals surface area contributed by atoms with Crippen molar-refractivity contribution in [1.82, 2.24) is 20.1 Å². The lowest BCUT2D eigenvalue weighted by atomic mass is 9.98. The largest absolute Gasteiger partial charge is 0.309 e. The van der Waals surface area contributed by atoms with Gasteiger partial charge in [0.1, 0.15) is 0 Å². The van der Waals surface area contributed by atoms with Gasteiger partial charge in [-0.25, -0.2) is 0 Å². The SMILES string of the molecule is CNC(c1cnn(C)c1)c1ccnc2ccccc12. The van der Waals surface area contributed by atoms with Crippen LogP contribution in [0.15, 0.2) is 48.9 Å². The van der Waals surface area contributed by atoms with Crippen molar-refractivity contribution in [3.05, 3.63) is 60.0 Å². The second-order valence-corrected chi connectivity index (χ2v) is 4.59. The van der Waals surface area contributed by atoms with Crippen molar-refractivity contribution in [2.45, 2.75) is 6.04 Å². The number of aromatic nitrogens is 3. The van der Waals surface area contributed by atoms with Crippen LogP contribution in [0.25, 0.3) is 10.9 Å². The molecule has 0 amide bonds. The number of hydrogen-bond acceptors (Lipinski definition) is 3. The molecule has 3 aromatic rings. The first-order valence-corrected chi connectivity index (χ1v) is 6.29. The third-order valence-electron chi connectivity index (χ3n) is 3.34. The Balaban J connectivity index is 2.16. The molecule has 3 rings (SSSR count). The van der Waals surface area contributed by atoms with Crippen LogP contribution in [0.3, 0.4) is 0 Å². The number of aryl methyl sites for hydroxylation is 1. The Hall–Kier alpha value is -2.20. The normalized spacial score (nSPS) is 12.7. The van der Waals surface area contributed by atoms with E-state index in [4.69, 9.17) is 0 Å². The molecule has 1 unspecified atom stereocenters. The number of rotatable bonds is 3. The van der Waals surface area contributed by atoms with Crippen molar-refractivity contribution in [3.63, 3.8) is 0 Å². The summed E-state index contributed by atoms with van der Waals surface area (Å²) in [5.74, 6) is 0. The molecule has 96 valence electrons. The molecule has 2 aromatic heterocycles. The Kier molecular flexibility index (Phi) is 3.01. The minimum absolute atomic E-state index is 0.126. The molecular weight excluding hydrogens is 236 g/mol. The molecule has 0 radical (unpaired) electrons. The van der Waals surface area contributed by atoms with Gasteiger partial charge in [0.25, 0.3) is 0 Å². The monoisotopic (exact) mass is 252 g/mol. The zero-order valence-electron chi connectivity index (χ0n) is 11.0. The molecule has 4 nitrogen and oxygen atoms in total. The second-order valence-electron chi connectivity index (χ2n) is 4.59. The summed E-state index contributed by atoms with van der Waals surface area (Å²) in [7, 11) is 3.90. The van der Waals surface area contributed by atoms with Crippen molar-refractivity contribution in [2.24, 2.45) is 7.05 Å². The summed E-state index contributed by atoms with van der Waals surface area (Å²) < 4.78 is 1.82. The first-order valence-electron chi connectivity index (χ1n) is 6.29. The van der Waals surface area contributed by atoms with Crippen LogP contribution in [0.1, 0.15) is 17.2 Å². The van der Waals surface area contributed by atoms with Gasteiger partial charge in [-0.3, -0.25) is 9.67 Å². The number of nitrogens with zero attached hydrogens (tertiary/aromatic N) is 3. The molecule has 0 saturated carbocycles. The fraction of sp³-hybridized carbons (Fsp3) is 0.200. The molecular formula is C15H16N4. The van der Waals surface area contributed by atoms with Crippen molar-refractivity contribution in [3.8, 4) is 0 Å². The van der Waals surface area contributed by atoms with Crippen LogP contribution in [0.4, 0.5) is 0 Å². The van der Waals surface area contributed by atoms with E-state index in [0.29, 0.717) is 0 Å². The highest BCUT2D eigenvalue weighted by Gasteiger charge is 2.16. The van der Waals surface area contributed by atoms with Crippen LogP contribution >= 0.6 is 0 Å². The van der Waals surface area contributed by atoms with Crippen LogP contribution in [0.2, 0.25) is 0 Å². The highest BCUT2D eigenvalue weighted by molar-refractivity contribution is 5.82. The molecule has 2 heterocycles. The second kappa shape index (κ2) is 4.82. The van der Waals surface area contributed by atoms with E-state index in [9.17, 15) is 0 Å². The summed E-state index contributed by atoms with van der Waals surface area (Å²) in [5.41, 5.74) is 3.39. The van der Waals surface area contributed by atoms with Gasteiger partial charge in [-0.1, -0.05) is 18.2 Å². The maximum atomic E-state index is 4.41. The van der Waals surface area contributed by atoms with Crippen molar-refractivity contribution < 1.29 is 0 Å². The van der Waals surface area contributed by atoms with Crippen molar-refractivity contribution >= 4 is 10.9 Å². The van der Waals surface area contributed by atoms with Crippen LogP contribution in [-0.4, -0.2) is 21.8 Å². The zero-order chi connectivity index (χ0) is 13.2. The lowest BCUT2D eigenvalue weighted by Crippen LogP contribution is -2.17. The van der Waals surface area contributed by atoms with Gasteiger partial charge in [-0.2, -0.15) is 5.10 Å². The summed E-state index contributed by atoms with van der Waals surface area (Å²) in [6.45, 7) is 0. The number of fused-ring (bicyclic) bond motifs is 1. The van der Waals surface area contributed by atoms with E-state index in [-0.39, 0.29) is 6.04 Å². The number of pyridine rings is 1. The molecule has 0 aliphatic rings. The van der Waals surface area contributed by atoms with E-state index >= 15 is 0 Å². The van der Waals surface area contributed by atoms with Crippen LogP contribution in [-0.2, 0) is 7.05 Å². The molecule has 0 fully saturated rings. The van der Waals surface area contributed by atoms with Crippen LogP contribution in [0.5, 0.6) is 0 Å². The maximum Gasteiger partial charge on any atom is 0.0705 e. The summed E-state index contributed by atoms with van der Waals surface area (Å²) in [5, 5.41) is 8.79. The fourth-order valence-corrected chi connectivity index (χ4v) is 2.46. The summed E-state index contributed by atoms with van der Waals surface area (Å²) in [6, 6.07) is 10.4.